The number of carbonyl (C=O) groups excluding carboxylic acids is 1. The lowest BCUT2D eigenvalue weighted by molar-refractivity contribution is -0.384. The van der Waals surface area contributed by atoms with E-state index in [4.69, 9.17) is 0 Å². The van der Waals surface area contributed by atoms with E-state index in [-0.39, 0.29) is 5.69 Å². The number of hydrogen-bond donors (Lipinski definition) is 0. The van der Waals surface area contributed by atoms with Crippen LogP contribution in [0.1, 0.15) is 22.8 Å². The number of nitrogens with zero attached hydrogens (tertiary/aromatic N) is 3. The molecule has 0 saturated heterocycles. The molecule has 0 radical (unpaired) electrons. The van der Waals surface area contributed by atoms with Gasteiger partial charge in [-0.1, -0.05) is 0 Å². The number of aldehydes is 1. The highest BCUT2D eigenvalue weighted by Gasteiger charge is 2.19. The molecule has 0 spiro atoms. The Balaban J connectivity index is 2.37. The van der Waals surface area contributed by atoms with Gasteiger partial charge < -0.3 is 4.90 Å². The summed E-state index contributed by atoms with van der Waals surface area (Å²) >= 11 is 0. The molecule has 0 saturated carbocycles. The summed E-state index contributed by atoms with van der Waals surface area (Å²) in [6.07, 6.45) is 3.98. The van der Waals surface area contributed by atoms with Crippen LogP contribution in [0.4, 0.5) is 11.4 Å². The van der Waals surface area contributed by atoms with Gasteiger partial charge in [-0.2, -0.15) is 0 Å². The maximum absolute atomic E-state index is 11.2. The molecule has 0 unspecified atom stereocenters. The van der Waals surface area contributed by atoms with Crippen LogP contribution in [0.5, 0.6) is 0 Å². The van der Waals surface area contributed by atoms with Crippen LogP contribution in [0.2, 0.25) is 0 Å². The largest absolute Gasteiger partial charge is 0.362 e. The van der Waals surface area contributed by atoms with E-state index < -0.39 is 4.92 Å². The van der Waals surface area contributed by atoms with Crippen LogP contribution in [0.25, 0.3) is 0 Å². The van der Waals surface area contributed by atoms with Gasteiger partial charge in [0.2, 0.25) is 0 Å². The van der Waals surface area contributed by atoms with Gasteiger partial charge in [0.05, 0.1) is 4.92 Å². The molecule has 0 atom stereocenters. The molecule has 0 bridgehead atoms. The number of anilines is 1. The SMILES string of the molecule is CCN(Cc1ccncc1)c1ccc(C=O)cc1[N+](=O)[O-]. The van der Waals surface area contributed by atoms with Crippen molar-refractivity contribution >= 4 is 17.7 Å². The van der Waals surface area contributed by atoms with E-state index in [2.05, 4.69) is 4.98 Å². The number of benzene rings is 1. The maximum Gasteiger partial charge on any atom is 0.293 e. The third-order valence-corrected chi connectivity index (χ3v) is 3.18. The lowest BCUT2D eigenvalue weighted by Gasteiger charge is -2.23. The van der Waals surface area contributed by atoms with Gasteiger partial charge in [0.15, 0.2) is 0 Å². The zero-order chi connectivity index (χ0) is 15.2. The third-order valence-electron chi connectivity index (χ3n) is 3.18. The number of carbonyl (C=O) groups is 1. The second-order valence-corrected chi connectivity index (χ2v) is 4.49. The minimum absolute atomic E-state index is 0.0597. The first kappa shape index (κ1) is 14.6. The first-order chi connectivity index (χ1) is 10.2. The van der Waals surface area contributed by atoms with E-state index in [9.17, 15) is 14.9 Å². The number of nitro benzene ring substituents is 1. The molecule has 1 aromatic carbocycles. The van der Waals surface area contributed by atoms with E-state index >= 15 is 0 Å². The minimum Gasteiger partial charge on any atom is -0.362 e. The highest BCUT2D eigenvalue weighted by atomic mass is 16.6. The van der Waals surface area contributed by atoms with E-state index in [0.29, 0.717) is 30.6 Å². The lowest BCUT2D eigenvalue weighted by Crippen LogP contribution is -2.23. The van der Waals surface area contributed by atoms with Crippen molar-refractivity contribution in [1.29, 1.82) is 0 Å². The molecule has 0 aliphatic heterocycles. The summed E-state index contributed by atoms with van der Waals surface area (Å²) in [5, 5.41) is 11.2. The standard InChI is InChI=1S/C15H15N3O3/c1-2-17(10-12-5-7-16-8-6-12)14-4-3-13(11-19)9-15(14)18(20)21/h3-9,11H,2,10H2,1H3. The summed E-state index contributed by atoms with van der Waals surface area (Å²) < 4.78 is 0. The quantitative estimate of drug-likeness (QED) is 0.463. The van der Waals surface area contributed by atoms with E-state index in [1.807, 2.05) is 24.0 Å². The van der Waals surface area contributed by atoms with Gasteiger partial charge >= 0.3 is 0 Å². The summed E-state index contributed by atoms with van der Waals surface area (Å²) in [6.45, 7) is 3.09. The van der Waals surface area contributed by atoms with Crippen molar-refractivity contribution < 1.29 is 9.72 Å². The molecule has 1 heterocycles. The molecule has 0 amide bonds. The lowest BCUT2D eigenvalue weighted by atomic mass is 10.1. The van der Waals surface area contributed by atoms with Crippen molar-refractivity contribution in [2.75, 3.05) is 11.4 Å². The summed E-state index contributed by atoms with van der Waals surface area (Å²) in [4.78, 5) is 27.4. The highest BCUT2D eigenvalue weighted by Crippen LogP contribution is 2.29. The number of rotatable bonds is 6. The summed E-state index contributed by atoms with van der Waals surface area (Å²) in [5.74, 6) is 0. The zero-order valence-corrected chi connectivity index (χ0v) is 11.6. The topological polar surface area (TPSA) is 76.3 Å². The van der Waals surface area contributed by atoms with Gasteiger partial charge in [0.1, 0.15) is 12.0 Å². The van der Waals surface area contributed by atoms with Crippen LogP contribution in [0.15, 0.2) is 42.7 Å². The predicted molar refractivity (Wildman–Crippen MR) is 79.4 cm³/mol. The first-order valence-corrected chi connectivity index (χ1v) is 6.53. The molecule has 0 aliphatic rings. The van der Waals surface area contributed by atoms with Gasteiger partial charge in [-0.15, -0.1) is 0 Å². The van der Waals surface area contributed by atoms with Crippen molar-refractivity contribution in [3.05, 3.63) is 64.0 Å². The Morgan fingerprint density at radius 1 is 1.29 bits per heavy atom. The van der Waals surface area contributed by atoms with Crippen LogP contribution in [-0.4, -0.2) is 22.7 Å². The molecule has 0 N–H and O–H groups in total. The number of nitro groups is 1. The van der Waals surface area contributed by atoms with Gasteiger partial charge in [-0.25, -0.2) is 0 Å². The fourth-order valence-electron chi connectivity index (χ4n) is 2.10. The van der Waals surface area contributed by atoms with E-state index in [1.54, 1.807) is 24.5 Å². The van der Waals surface area contributed by atoms with Crippen molar-refractivity contribution in [3.63, 3.8) is 0 Å². The Morgan fingerprint density at radius 3 is 2.57 bits per heavy atom. The van der Waals surface area contributed by atoms with Crippen LogP contribution >= 0.6 is 0 Å². The van der Waals surface area contributed by atoms with E-state index in [1.165, 1.54) is 6.07 Å². The Morgan fingerprint density at radius 2 is 2.00 bits per heavy atom. The average molecular weight is 285 g/mol. The Hall–Kier alpha value is -2.76. The molecule has 2 aromatic rings. The second kappa shape index (κ2) is 6.60. The number of hydrogen-bond acceptors (Lipinski definition) is 5. The van der Waals surface area contributed by atoms with Crippen molar-refractivity contribution in [2.45, 2.75) is 13.5 Å². The van der Waals surface area contributed by atoms with Crippen molar-refractivity contribution in [3.8, 4) is 0 Å². The molecule has 6 heteroatoms. The monoisotopic (exact) mass is 285 g/mol. The van der Waals surface area contributed by atoms with Gasteiger partial charge in [-0.05, 0) is 36.8 Å². The minimum atomic E-state index is -0.461. The summed E-state index contributed by atoms with van der Waals surface area (Å²) in [7, 11) is 0. The van der Waals surface area contributed by atoms with Crippen LogP contribution in [0.3, 0.4) is 0 Å². The zero-order valence-electron chi connectivity index (χ0n) is 11.6. The molecule has 6 nitrogen and oxygen atoms in total. The molecular formula is C15H15N3O3. The molecule has 2 rings (SSSR count). The normalized spacial score (nSPS) is 10.1. The smallest absolute Gasteiger partial charge is 0.293 e. The summed E-state index contributed by atoms with van der Waals surface area (Å²) in [5.41, 5.74) is 1.76. The summed E-state index contributed by atoms with van der Waals surface area (Å²) in [6, 6.07) is 8.25. The fraction of sp³-hybridized carbons (Fsp3) is 0.200. The predicted octanol–water partition coefficient (Wildman–Crippen LogP) is 2.83. The third kappa shape index (κ3) is 3.42. The Kier molecular flexibility index (Phi) is 4.61. The number of aromatic nitrogens is 1. The number of pyridine rings is 1. The molecule has 21 heavy (non-hydrogen) atoms. The van der Waals surface area contributed by atoms with E-state index in [0.717, 1.165) is 5.56 Å². The molecule has 108 valence electrons. The molecule has 0 aliphatic carbocycles. The highest BCUT2D eigenvalue weighted by molar-refractivity contribution is 5.79. The van der Waals surface area contributed by atoms with Crippen LogP contribution < -0.4 is 4.90 Å². The van der Waals surface area contributed by atoms with Crippen LogP contribution in [0, 0.1) is 10.1 Å². The Bertz CT molecular complexity index is 644. The van der Waals surface area contributed by atoms with Crippen molar-refractivity contribution in [2.24, 2.45) is 0 Å². The fourth-order valence-corrected chi connectivity index (χ4v) is 2.10. The second-order valence-electron chi connectivity index (χ2n) is 4.49. The maximum atomic E-state index is 11.2. The molecule has 1 aromatic heterocycles. The first-order valence-electron chi connectivity index (χ1n) is 6.53. The molecular weight excluding hydrogens is 270 g/mol. The van der Waals surface area contributed by atoms with Crippen LogP contribution in [-0.2, 0) is 6.54 Å². The Labute approximate surface area is 122 Å². The van der Waals surface area contributed by atoms with Crippen molar-refractivity contribution in [1.82, 2.24) is 4.98 Å². The van der Waals surface area contributed by atoms with Gasteiger partial charge in [0.25, 0.3) is 5.69 Å². The van der Waals surface area contributed by atoms with Gasteiger partial charge in [0, 0.05) is 37.1 Å². The molecule has 0 fully saturated rings. The van der Waals surface area contributed by atoms with Gasteiger partial charge in [-0.3, -0.25) is 19.9 Å². The average Bonchev–Trinajstić information content (AvgIpc) is 2.53.